The van der Waals surface area contributed by atoms with Gasteiger partial charge in [0.05, 0.1) is 12.6 Å². The topological polar surface area (TPSA) is 86.6 Å². The lowest BCUT2D eigenvalue weighted by atomic mass is 10.0. The van der Waals surface area contributed by atoms with Crippen LogP contribution in [-0.2, 0) is 31.9 Å². The van der Waals surface area contributed by atoms with Gasteiger partial charge in [0.25, 0.3) is 0 Å². The number of rotatable bonds is 7. The zero-order valence-electron chi connectivity index (χ0n) is 19.5. The number of carbonyl (C=O) groups excluding carboxylic acids is 3. The molecule has 0 aliphatic carbocycles. The Bertz CT molecular complexity index is 1130. The molecule has 7 heteroatoms. The van der Waals surface area contributed by atoms with Crippen molar-refractivity contribution in [1.29, 1.82) is 0 Å². The van der Waals surface area contributed by atoms with E-state index in [1.54, 1.807) is 27.0 Å². The number of hydrogen-bond donors (Lipinski definition) is 1. The molecule has 0 aliphatic heterocycles. The highest BCUT2D eigenvalue weighted by Gasteiger charge is 2.26. The predicted octanol–water partition coefficient (Wildman–Crippen LogP) is 4.26. The van der Waals surface area contributed by atoms with Crippen molar-refractivity contribution in [2.75, 3.05) is 7.11 Å². The van der Waals surface area contributed by atoms with Crippen molar-refractivity contribution in [3.05, 3.63) is 71.9 Å². The van der Waals surface area contributed by atoms with Crippen LogP contribution >= 0.6 is 0 Å². The number of benzene rings is 2. The van der Waals surface area contributed by atoms with E-state index in [1.165, 1.54) is 11.7 Å². The first kappa shape index (κ1) is 24.0. The predicted molar refractivity (Wildman–Crippen MR) is 126 cm³/mol. The van der Waals surface area contributed by atoms with Crippen molar-refractivity contribution in [2.45, 2.75) is 51.7 Å². The van der Waals surface area contributed by atoms with Crippen LogP contribution < -0.4 is 5.32 Å². The maximum absolute atomic E-state index is 12.7. The van der Waals surface area contributed by atoms with Gasteiger partial charge in [-0.3, -0.25) is 9.36 Å². The summed E-state index contributed by atoms with van der Waals surface area (Å²) < 4.78 is 11.9. The Kier molecular flexibility index (Phi) is 7.53. The molecule has 174 valence electrons. The van der Waals surface area contributed by atoms with Gasteiger partial charge in [0.15, 0.2) is 0 Å². The second kappa shape index (κ2) is 10.3. The van der Waals surface area contributed by atoms with Crippen molar-refractivity contribution >= 4 is 28.9 Å². The Morgan fingerprint density at radius 1 is 1.00 bits per heavy atom. The lowest BCUT2D eigenvalue weighted by Gasteiger charge is -2.19. The Morgan fingerprint density at radius 3 is 2.33 bits per heavy atom. The molecule has 0 saturated heterocycles. The summed E-state index contributed by atoms with van der Waals surface area (Å²) in [5.74, 6) is -0.790. The zero-order valence-corrected chi connectivity index (χ0v) is 19.5. The Hall–Kier alpha value is -3.61. The van der Waals surface area contributed by atoms with Crippen LogP contribution in [0.1, 0.15) is 38.3 Å². The molecule has 0 spiro atoms. The van der Waals surface area contributed by atoms with E-state index >= 15 is 0 Å². The minimum Gasteiger partial charge on any atom is -0.467 e. The van der Waals surface area contributed by atoms with E-state index in [1.807, 2.05) is 54.6 Å². The van der Waals surface area contributed by atoms with Gasteiger partial charge in [0.2, 0.25) is 5.91 Å². The normalized spacial score (nSPS) is 12.2. The highest BCUT2D eigenvalue weighted by molar-refractivity contribution is 5.93. The number of para-hydroxylation sites is 1. The summed E-state index contributed by atoms with van der Waals surface area (Å²) in [4.78, 5) is 37.8. The van der Waals surface area contributed by atoms with Crippen molar-refractivity contribution in [3.63, 3.8) is 0 Å². The second-order valence-electron chi connectivity index (χ2n) is 8.85. The van der Waals surface area contributed by atoms with E-state index in [2.05, 4.69) is 5.32 Å². The minimum atomic E-state index is -0.879. The molecule has 1 amide bonds. The molecule has 1 heterocycles. The standard InChI is InChI=1S/C26H30N2O5/c1-26(2,3)33-25(31)28-17-19(20-12-8-9-13-22(20)28)16-21(24(30)32-4)27-23(29)15-14-18-10-6-5-7-11-18/h5-13,17,21H,14-16H2,1-4H3,(H,27,29)/t21-/m1/s1. The highest BCUT2D eigenvalue weighted by Crippen LogP contribution is 2.24. The number of nitrogens with zero attached hydrogens (tertiary/aromatic N) is 1. The maximum Gasteiger partial charge on any atom is 0.419 e. The van der Waals surface area contributed by atoms with E-state index < -0.39 is 23.7 Å². The van der Waals surface area contributed by atoms with Crippen LogP contribution in [0, 0.1) is 0 Å². The fourth-order valence-electron chi connectivity index (χ4n) is 3.60. The highest BCUT2D eigenvalue weighted by atomic mass is 16.6. The number of nitrogens with one attached hydrogen (secondary N) is 1. The van der Waals surface area contributed by atoms with E-state index in [0.717, 1.165) is 16.5 Å². The van der Waals surface area contributed by atoms with Gasteiger partial charge in [-0.15, -0.1) is 0 Å². The van der Waals surface area contributed by atoms with Gasteiger partial charge in [-0.05, 0) is 44.4 Å². The third-order valence-corrected chi connectivity index (χ3v) is 5.11. The summed E-state index contributed by atoms with van der Waals surface area (Å²) in [5, 5.41) is 3.59. The van der Waals surface area contributed by atoms with Gasteiger partial charge in [0.1, 0.15) is 11.6 Å². The van der Waals surface area contributed by atoms with E-state index in [9.17, 15) is 14.4 Å². The van der Waals surface area contributed by atoms with Crippen molar-refractivity contribution in [3.8, 4) is 0 Å². The van der Waals surface area contributed by atoms with Crippen molar-refractivity contribution in [1.82, 2.24) is 9.88 Å². The van der Waals surface area contributed by atoms with Crippen LogP contribution in [0.3, 0.4) is 0 Å². The lowest BCUT2D eigenvalue weighted by molar-refractivity contribution is -0.145. The number of methoxy groups -OCH3 is 1. The molecule has 1 aromatic heterocycles. The summed E-state index contributed by atoms with van der Waals surface area (Å²) >= 11 is 0. The maximum atomic E-state index is 12.7. The van der Waals surface area contributed by atoms with Crippen LogP contribution in [0.4, 0.5) is 4.79 Å². The Balaban J connectivity index is 1.80. The van der Waals surface area contributed by atoms with Crippen LogP contribution in [0.5, 0.6) is 0 Å². The van der Waals surface area contributed by atoms with E-state index in [-0.39, 0.29) is 18.7 Å². The molecule has 1 N–H and O–H groups in total. The molecule has 33 heavy (non-hydrogen) atoms. The van der Waals surface area contributed by atoms with Crippen LogP contribution in [0.2, 0.25) is 0 Å². The molecule has 0 saturated carbocycles. The fourth-order valence-corrected chi connectivity index (χ4v) is 3.60. The number of aromatic nitrogens is 1. The number of amides is 1. The molecule has 0 radical (unpaired) electrons. The molecule has 0 unspecified atom stereocenters. The van der Waals surface area contributed by atoms with Crippen LogP contribution in [0.15, 0.2) is 60.8 Å². The number of esters is 1. The van der Waals surface area contributed by atoms with Gasteiger partial charge < -0.3 is 14.8 Å². The molecular formula is C26H30N2O5. The number of ether oxygens (including phenoxy) is 2. The van der Waals surface area contributed by atoms with Gasteiger partial charge in [-0.2, -0.15) is 0 Å². The second-order valence-corrected chi connectivity index (χ2v) is 8.85. The largest absolute Gasteiger partial charge is 0.467 e. The fraction of sp³-hybridized carbons (Fsp3) is 0.346. The third-order valence-electron chi connectivity index (χ3n) is 5.11. The molecule has 3 aromatic rings. The van der Waals surface area contributed by atoms with Gasteiger partial charge in [0, 0.05) is 24.4 Å². The first-order valence-corrected chi connectivity index (χ1v) is 10.9. The number of aryl methyl sites for hydroxylation is 1. The molecular weight excluding hydrogens is 420 g/mol. The summed E-state index contributed by atoms with van der Waals surface area (Å²) in [6.45, 7) is 5.40. The number of hydrogen-bond acceptors (Lipinski definition) is 5. The zero-order chi connectivity index (χ0) is 24.0. The SMILES string of the molecule is COC(=O)[C@@H](Cc1cn(C(=O)OC(C)(C)C)c2ccccc12)NC(=O)CCc1ccccc1. The average molecular weight is 451 g/mol. The summed E-state index contributed by atoms with van der Waals surface area (Å²) in [6.07, 6.45) is 2.15. The minimum absolute atomic E-state index is 0.181. The van der Waals surface area contributed by atoms with Gasteiger partial charge in [-0.25, -0.2) is 9.59 Å². The molecule has 2 aromatic carbocycles. The van der Waals surface area contributed by atoms with Crippen molar-refractivity contribution in [2.24, 2.45) is 0 Å². The quantitative estimate of drug-likeness (QED) is 0.544. The van der Waals surface area contributed by atoms with Crippen molar-refractivity contribution < 1.29 is 23.9 Å². The number of fused-ring (bicyclic) bond motifs is 1. The Morgan fingerprint density at radius 2 is 1.67 bits per heavy atom. The summed E-state index contributed by atoms with van der Waals surface area (Å²) in [7, 11) is 1.29. The average Bonchev–Trinajstić information content (AvgIpc) is 3.15. The third kappa shape index (κ3) is 6.44. The smallest absolute Gasteiger partial charge is 0.419 e. The Labute approximate surface area is 193 Å². The molecule has 0 bridgehead atoms. The van der Waals surface area contributed by atoms with Gasteiger partial charge in [-0.1, -0.05) is 48.5 Å². The van der Waals surface area contributed by atoms with E-state index in [4.69, 9.17) is 9.47 Å². The lowest BCUT2D eigenvalue weighted by Crippen LogP contribution is -2.43. The first-order valence-electron chi connectivity index (χ1n) is 10.9. The number of carbonyl (C=O) groups is 3. The van der Waals surface area contributed by atoms with Gasteiger partial charge >= 0.3 is 12.1 Å². The molecule has 7 nitrogen and oxygen atoms in total. The summed E-state index contributed by atoms with van der Waals surface area (Å²) in [6, 6.07) is 16.2. The molecule has 0 aliphatic rings. The van der Waals surface area contributed by atoms with E-state index in [0.29, 0.717) is 11.9 Å². The summed E-state index contributed by atoms with van der Waals surface area (Å²) in [5.41, 5.74) is 1.79. The monoisotopic (exact) mass is 450 g/mol. The van der Waals surface area contributed by atoms with Crippen LogP contribution in [-0.4, -0.2) is 41.3 Å². The van der Waals surface area contributed by atoms with Crippen LogP contribution in [0.25, 0.3) is 10.9 Å². The first-order chi connectivity index (χ1) is 15.7. The molecule has 1 atom stereocenters. The molecule has 0 fully saturated rings. The molecule has 3 rings (SSSR count).